The van der Waals surface area contributed by atoms with Gasteiger partial charge in [0.1, 0.15) is 0 Å². The molecule has 0 radical (unpaired) electrons. The molecule has 0 aromatic heterocycles. The second kappa shape index (κ2) is 7.14. The Labute approximate surface area is 114 Å². The first-order chi connectivity index (χ1) is 9.31. The molecular formula is C15H22N2O2. The molecule has 0 saturated carbocycles. The largest absolute Gasteiger partial charge is 0.382 e. The van der Waals surface area contributed by atoms with E-state index in [1.54, 1.807) is 0 Å². The highest BCUT2D eigenvalue weighted by Crippen LogP contribution is 2.30. The van der Waals surface area contributed by atoms with Crippen LogP contribution in [0.2, 0.25) is 0 Å². The van der Waals surface area contributed by atoms with E-state index in [9.17, 15) is 4.79 Å². The lowest BCUT2D eigenvalue weighted by Gasteiger charge is -2.14. The lowest BCUT2D eigenvalue weighted by Crippen LogP contribution is -2.38. The van der Waals surface area contributed by atoms with Gasteiger partial charge < -0.3 is 15.4 Å². The van der Waals surface area contributed by atoms with E-state index in [0.29, 0.717) is 13.2 Å². The van der Waals surface area contributed by atoms with Gasteiger partial charge in [0.05, 0.1) is 6.04 Å². The van der Waals surface area contributed by atoms with Crippen LogP contribution in [-0.4, -0.2) is 25.8 Å². The van der Waals surface area contributed by atoms with Crippen molar-refractivity contribution in [2.24, 2.45) is 0 Å². The standard InChI is InChI=1S/C15H22N2O2/c1-2-19-11-5-10-16-15(18)17-14-9-8-12-6-3-4-7-13(12)14/h3-4,6-7,14H,2,5,8-11H2,1H3,(H2,16,17,18). The van der Waals surface area contributed by atoms with Gasteiger partial charge in [-0.3, -0.25) is 0 Å². The van der Waals surface area contributed by atoms with Crippen molar-refractivity contribution < 1.29 is 9.53 Å². The van der Waals surface area contributed by atoms with Crippen molar-refractivity contribution in [1.82, 2.24) is 10.6 Å². The van der Waals surface area contributed by atoms with Crippen LogP contribution >= 0.6 is 0 Å². The molecule has 0 spiro atoms. The average Bonchev–Trinajstić information content (AvgIpc) is 2.82. The van der Waals surface area contributed by atoms with Crippen LogP contribution < -0.4 is 10.6 Å². The zero-order valence-corrected chi connectivity index (χ0v) is 11.4. The first kappa shape index (κ1) is 13.9. The maximum atomic E-state index is 11.8. The van der Waals surface area contributed by atoms with Gasteiger partial charge in [0.25, 0.3) is 0 Å². The summed E-state index contributed by atoms with van der Waals surface area (Å²) in [6, 6.07) is 8.38. The maximum Gasteiger partial charge on any atom is 0.315 e. The third-order valence-electron chi connectivity index (χ3n) is 3.39. The molecule has 0 bridgehead atoms. The average molecular weight is 262 g/mol. The van der Waals surface area contributed by atoms with Crippen molar-refractivity contribution in [3.63, 3.8) is 0 Å². The van der Waals surface area contributed by atoms with Crippen molar-refractivity contribution in [2.75, 3.05) is 19.8 Å². The van der Waals surface area contributed by atoms with Crippen LogP contribution in [0.1, 0.15) is 36.9 Å². The molecule has 4 nitrogen and oxygen atoms in total. The van der Waals surface area contributed by atoms with Gasteiger partial charge in [-0.05, 0) is 37.3 Å². The maximum absolute atomic E-state index is 11.8. The normalized spacial score (nSPS) is 17.0. The monoisotopic (exact) mass is 262 g/mol. The molecule has 2 amide bonds. The molecule has 4 heteroatoms. The first-order valence-corrected chi connectivity index (χ1v) is 7.01. The Morgan fingerprint density at radius 2 is 2.26 bits per heavy atom. The van der Waals surface area contributed by atoms with E-state index in [1.807, 2.05) is 13.0 Å². The fourth-order valence-electron chi connectivity index (χ4n) is 2.44. The van der Waals surface area contributed by atoms with Crippen molar-refractivity contribution >= 4 is 6.03 Å². The van der Waals surface area contributed by atoms with E-state index >= 15 is 0 Å². The smallest absolute Gasteiger partial charge is 0.315 e. The van der Waals surface area contributed by atoms with Gasteiger partial charge in [-0.25, -0.2) is 4.79 Å². The summed E-state index contributed by atoms with van der Waals surface area (Å²) < 4.78 is 5.22. The number of ether oxygens (including phenoxy) is 1. The molecule has 1 aliphatic carbocycles. The number of carbonyl (C=O) groups excluding carboxylic acids is 1. The minimum absolute atomic E-state index is 0.0850. The van der Waals surface area contributed by atoms with Gasteiger partial charge in [-0.2, -0.15) is 0 Å². The number of urea groups is 1. The number of hydrogen-bond acceptors (Lipinski definition) is 2. The fraction of sp³-hybridized carbons (Fsp3) is 0.533. The summed E-state index contributed by atoms with van der Waals surface area (Å²) in [6.07, 6.45) is 2.89. The van der Waals surface area contributed by atoms with Crippen LogP contribution in [0, 0.1) is 0 Å². The summed E-state index contributed by atoms with van der Waals surface area (Å²) in [7, 11) is 0. The van der Waals surface area contributed by atoms with Gasteiger partial charge in [-0.1, -0.05) is 24.3 Å². The fourth-order valence-corrected chi connectivity index (χ4v) is 2.44. The van der Waals surface area contributed by atoms with Crippen LogP contribution in [0.25, 0.3) is 0 Å². The molecule has 19 heavy (non-hydrogen) atoms. The highest BCUT2D eigenvalue weighted by Gasteiger charge is 2.22. The van der Waals surface area contributed by atoms with Crippen molar-refractivity contribution in [3.05, 3.63) is 35.4 Å². The Hall–Kier alpha value is -1.55. The Morgan fingerprint density at radius 3 is 3.11 bits per heavy atom. The first-order valence-electron chi connectivity index (χ1n) is 7.01. The van der Waals surface area contributed by atoms with Crippen LogP contribution in [0.15, 0.2) is 24.3 Å². The van der Waals surface area contributed by atoms with Crippen molar-refractivity contribution in [3.8, 4) is 0 Å². The van der Waals surface area contributed by atoms with Gasteiger partial charge >= 0.3 is 6.03 Å². The van der Waals surface area contributed by atoms with Crippen molar-refractivity contribution in [1.29, 1.82) is 0 Å². The molecular weight excluding hydrogens is 240 g/mol. The second-order valence-corrected chi connectivity index (χ2v) is 4.74. The molecule has 0 heterocycles. The number of fused-ring (bicyclic) bond motifs is 1. The lowest BCUT2D eigenvalue weighted by atomic mass is 10.1. The van der Waals surface area contributed by atoms with Crippen LogP contribution in [-0.2, 0) is 11.2 Å². The third-order valence-corrected chi connectivity index (χ3v) is 3.39. The summed E-state index contributed by atoms with van der Waals surface area (Å²) in [5, 5.41) is 5.90. The molecule has 104 valence electrons. The van der Waals surface area contributed by atoms with Gasteiger partial charge in [0.15, 0.2) is 0 Å². The van der Waals surface area contributed by atoms with E-state index in [2.05, 4.69) is 28.8 Å². The Bertz CT molecular complexity index is 420. The number of benzene rings is 1. The highest BCUT2D eigenvalue weighted by molar-refractivity contribution is 5.74. The van der Waals surface area contributed by atoms with E-state index < -0.39 is 0 Å². The van der Waals surface area contributed by atoms with Crippen molar-refractivity contribution in [2.45, 2.75) is 32.2 Å². The molecule has 1 aromatic carbocycles. The minimum atomic E-state index is -0.0850. The summed E-state index contributed by atoms with van der Waals surface area (Å²) in [5.74, 6) is 0. The molecule has 2 N–H and O–H groups in total. The zero-order valence-electron chi connectivity index (χ0n) is 11.4. The molecule has 0 aliphatic heterocycles. The number of aryl methyl sites for hydroxylation is 1. The molecule has 2 rings (SSSR count). The summed E-state index contributed by atoms with van der Waals surface area (Å²) >= 11 is 0. The molecule has 1 atom stereocenters. The molecule has 0 saturated heterocycles. The third kappa shape index (κ3) is 3.96. The zero-order chi connectivity index (χ0) is 13.5. The quantitative estimate of drug-likeness (QED) is 0.773. The number of carbonyl (C=O) groups is 1. The van der Waals surface area contributed by atoms with E-state index in [0.717, 1.165) is 25.9 Å². The van der Waals surface area contributed by atoms with Gasteiger partial charge in [-0.15, -0.1) is 0 Å². The summed E-state index contributed by atoms with van der Waals surface area (Å²) in [6.45, 7) is 4.05. The second-order valence-electron chi connectivity index (χ2n) is 4.74. The number of hydrogen-bond donors (Lipinski definition) is 2. The number of amides is 2. The predicted molar refractivity (Wildman–Crippen MR) is 75.1 cm³/mol. The Kier molecular flexibility index (Phi) is 5.21. The van der Waals surface area contributed by atoms with E-state index in [-0.39, 0.29) is 12.1 Å². The highest BCUT2D eigenvalue weighted by atomic mass is 16.5. The van der Waals surface area contributed by atoms with Gasteiger partial charge in [0, 0.05) is 19.8 Å². The Morgan fingerprint density at radius 1 is 1.42 bits per heavy atom. The topological polar surface area (TPSA) is 50.4 Å². The molecule has 1 aromatic rings. The van der Waals surface area contributed by atoms with E-state index in [4.69, 9.17) is 4.74 Å². The van der Waals surface area contributed by atoms with Crippen LogP contribution in [0.5, 0.6) is 0 Å². The van der Waals surface area contributed by atoms with Crippen LogP contribution in [0.4, 0.5) is 4.79 Å². The molecule has 1 aliphatic rings. The van der Waals surface area contributed by atoms with Crippen LogP contribution in [0.3, 0.4) is 0 Å². The number of rotatable bonds is 6. The minimum Gasteiger partial charge on any atom is -0.382 e. The lowest BCUT2D eigenvalue weighted by molar-refractivity contribution is 0.145. The predicted octanol–water partition coefficient (Wildman–Crippen LogP) is 2.40. The summed E-state index contributed by atoms with van der Waals surface area (Å²) in [4.78, 5) is 11.8. The number of nitrogens with one attached hydrogen (secondary N) is 2. The summed E-state index contributed by atoms with van der Waals surface area (Å²) in [5.41, 5.74) is 2.61. The Balaban J connectivity index is 1.72. The SMILES string of the molecule is CCOCCCNC(=O)NC1CCc2ccccc21. The van der Waals surface area contributed by atoms with E-state index in [1.165, 1.54) is 11.1 Å². The molecule has 1 unspecified atom stereocenters. The molecule has 0 fully saturated rings. The van der Waals surface area contributed by atoms with Gasteiger partial charge in [0.2, 0.25) is 0 Å².